The maximum absolute atomic E-state index is 6.01. The number of nitrogens with one attached hydrogen (secondary N) is 4. The molecule has 0 fully saturated rings. The standard InChI is InChI=1S/C25H30N6O3S2/c1-16(28-30-24(35)26-3)13-32-21-8-5-18(6-9-21)20-11-19-7-10-22(12-23(19)34-15-20)33-14-17(2)29-31-25(36)27-4/h5-12H,13-15H2,1-4H3,(H2,26,30,35)(H2,27,31,36)/b28-16+,29-17+. The Hall–Kier alpha value is -3.70. The minimum atomic E-state index is 0.332. The predicted octanol–water partition coefficient (Wildman–Crippen LogP) is 3.32. The number of hydrogen-bond acceptors (Lipinski definition) is 7. The molecule has 0 saturated carbocycles. The van der Waals surface area contributed by atoms with Crippen molar-refractivity contribution in [2.45, 2.75) is 13.8 Å². The molecule has 0 bridgehead atoms. The van der Waals surface area contributed by atoms with Crippen LogP contribution in [0.3, 0.4) is 0 Å². The van der Waals surface area contributed by atoms with E-state index >= 15 is 0 Å². The molecule has 1 aliphatic heterocycles. The van der Waals surface area contributed by atoms with Crippen LogP contribution in [0.15, 0.2) is 52.7 Å². The SMILES string of the molecule is CNC(=S)N/N=C(\C)COc1ccc(C2=Cc3ccc(OC/C(C)=N/NC(=S)NC)cc3OC2)cc1. The molecule has 0 aromatic heterocycles. The lowest BCUT2D eigenvalue weighted by Gasteiger charge is -2.19. The van der Waals surface area contributed by atoms with Crippen LogP contribution in [0.2, 0.25) is 0 Å². The third kappa shape index (κ3) is 8.21. The Balaban J connectivity index is 1.57. The molecular formula is C25H30N6O3S2. The zero-order valence-electron chi connectivity index (χ0n) is 20.7. The van der Waals surface area contributed by atoms with Gasteiger partial charge in [-0.25, -0.2) is 0 Å². The van der Waals surface area contributed by atoms with Gasteiger partial charge >= 0.3 is 0 Å². The van der Waals surface area contributed by atoms with Gasteiger partial charge in [0.2, 0.25) is 0 Å². The van der Waals surface area contributed by atoms with Gasteiger partial charge in [0.05, 0.1) is 11.4 Å². The zero-order valence-corrected chi connectivity index (χ0v) is 22.3. The molecule has 0 spiro atoms. The molecule has 2 aromatic carbocycles. The molecule has 0 saturated heterocycles. The smallest absolute Gasteiger partial charge is 0.186 e. The van der Waals surface area contributed by atoms with Crippen molar-refractivity contribution in [2.24, 2.45) is 10.2 Å². The molecule has 2 aromatic rings. The summed E-state index contributed by atoms with van der Waals surface area (Å²) < 4.78 is 17.6. The fraction of sp³-hybridized carbons (Fsp3) is 0.280. The van der Waals surface area contributed by atoms with Crippen molar-refractivity contribution in [1.29, 1.82) is 0 Å². The number of thiocarbonyl (C=S) groups is 2. The van der Waals surface area contributed by atoms with Crippen molar-refractivity contribution in [1.82, 2.24) is 21.5 Å². The number of rotatable bonds is 9. The molecule has 0 amide bonds. The first-order valence-corrected chi connectivity index (χ1v) is 12.0. The molecule has 4 N–H and O–H groups in total. The molecule has 11 heteroatoms. The van der Waals surface area contributed by atoms with E-state index in [2.05, 4.69) is 37.8 Å². The highest BCUT2D eigenvalue weighted by Crippen LogP contribution is 2.33. The first-order chi connectivity index (χ1) is 17.4. The Labute approximate surface area is 222 Å². The normalized spacial score (nSPS) is 12.9. The molecule has 0 atom stereocenters. The van der Waals surface area contributed by atoms with E-state index in [9.17, 15) is 0 Å². The summed E-state index contributed by atoms with van der Waals surface area (Å²) in [6.45, 7) is 4.88. The van der Waals surface area contributed by atoms with Crippen molar-refractivity contribution >= 4 is 57.7 Å². The van der Waals surface area contributed by atoms with Gasteiger partial charge in [-0.15, -0.1) is 0 Å². The van der Waals surface area contributed by atoms with Crippen LogP contribution in [-0.2, 0) is 0 Å². The van der Waals surface area contributed by atoms with Crippen molar-refractivity contribution in [3.05, 3.63) is 53.6 Å². The van der Waals surface area contributed by atoms with Crippen molar-refractivity contribution in [3.8, 4) is 17.2 Å². The Morgan fingerprint density at radius 2 is 1.42 bits per heavy atom. The van der Waals surface area contributed by atoms with E-state index in [0.717, 1.165) is 39.6 Å². The van der Waals surface area contributed by atoms with Crippen LogP contribution < -0.4 is 35.7 Å². The summed E-state index contributed by atoms with van der Waals surface area (Å²) in [5.41, 5.74) is 10.2. The summed E-state index contributed by atoms with van der Waals surface area (Å²) in [4.78, 5) is 0. The first-order valence-electron chi connectivity index (χ1n) is 11.2. The maximum Gasteiger partial charge on any atom is 0.186 e. The van der Waals surface area contributed by atoms with Crippen LogP contribution in [0.1, 0.15) is 25.0 Å². The van der Waals surface area contributed by atoms with Crippen molar-refractivity contribution in [2.75, 3.05) is 33.9 Å². The topological polar surface area (TPSA) is 101 Å². The molecule has 0 unspecified atom stereocenters. The van der Waals surface area contributed by atoms with Crippen LogP contribution in [0.25, 0.3) is 11.6 Å². The monoisotopic (exact) mass is 526 g/mol. The number of hydrogen-bond donors (Lipinski definition) is 4. The lowest BCUT2D eigenvalue weighted by molar-refractivity contribution is 0.351. The number of hydrazone groups is 2. The van der Waals surface area contributed by atoms with Crippen LogP contribution in [0, 0.1) is 0 Å². The summed E-state index contributed by atoms with van der Waals surface area (Å²) in [6, 6.07) is 13.7. The van der Waals surface area contributed by atoms with E-state index in [1.807, 2.05) is 56.3 Å². The van der Waals surface area contributed by atoms with Crippen LogP contribution in [0.4, 0.5) is 0 Å². The summed E-state index contributed by atoms with van der Waals surface area (Å²) in [6.07, 6.45) is 2.13. The third-order valence-corrected chi connectivity index (χ3v) is 5.56. The Morgan fingerprint density at radius 3 is 2.00 bits per heavy atom. The quantitative estimate of drug-likeness (QED) is 0.223. The molecule has 36 heavy (non-hydrogen) atoms. The Morgan fingerprint density at radius 1 is 0.861 bits per heavy atom. The van der Waals surface area contributed by atoms with E-state index < -0.39 is 0 Å². The molecule has 9 nitrogen and oxygen atoms in total. The van der Waals surface area contributed by atoms with Crippen LogP contribution in [-0.4, -0.2) is 55.6 Å². The van der Waals surface area contributed by atoms with Crippen LogP contribution in [0.5, 0.6) is 17.2 Å². The minimum absolute atomic E-state index is 0.332. The van der Waals surface area contributed by atoms with E-state index in [-0.39, 0.29) is 0 Å². The second-order valence-corrected chi connectivity index (χ2v) is 8.65. The van der Waals surface area contributed by atoms with Gasteiger partial charge in [-0.2, -0.15) is 10.2 Å². The molecule has 1 aliphatic rings. The highest BCUT2D eigenvalue weighted by Gasteiger charge is 2.14. The van der Waals surface area contributed by atoms with Crippen molar-refractivity contribution < 1.29 is 14.2 Å². The fourth-order valence-electron chi connectivity index (χ4n) is 3.01. The van der Waals surface area contributed by atoms with Gasteiger partial charge in [0.1, 0.15) is 37.1 Å². The average molecular weight is 527 g/mol. The highest BCUT2D eigenvalue weighted by molar-refractivity contribution is 7.80. The van der Waals surface area contributed by atoms with Gasteiger partial charge in [-0.05, 0) is 79.8 Å². The maximum atomic E-state index is 6.01. The number of fused-ring (bicyclic) bond motifs is 1. The zero-order chi connectivity index (χ0) is 25.9. The predicted molar refractivity (Wildman–Crippen MR) is 153 cm³/mol. The second kappa shape index (κ2) is 13.4. The molecule has 1 heterocycles. The largest absolute Gasteiger partial charge is 0.488 e. The Bertz CT molecular complexity index is 1180. The third-order valence-electron chi connectivity index (χ3n) is 4.97. The second-order valence-electron chi connectivity index (χ2n) is 7.84. The lowest BCUT2D eigenvalue weighted by atomic mass is 10.0. The van der Waals surface area contributed by atoms with E-state index in [1.165, 1.54) is 0 Å². The van der Waals surface area contributed by atoms with E-state index in [4.69, 9.17) is 38.6 Å². The number of nitrogens with zero attached hydrogens (tertiary/aromatic N) is 2. The molecule has 0 radical (unpaired) electrons. The minimum Gasteiger partial charge on any atom is -0.488 e. The molecule has 3 rings (SSSR count). The summed E-state index contributed by atoms with van der Waals surface area (Å²) >= 11 is 10.00. The summed E-state index contributed by atoms with van der Waals surface area (Å²) in [5, 5.41) is 14.8. The molecular weight excluding hydrogens is 496 g/mol. The van der Waals surface area contributed by atoms with Gasteiger partial charge in [0.15, 0.2) is 10.2 Å². The van der Waals surface area contributed by atoms with Crippen molar-refractivity contribution in [3.63, 3.8) is 0 Å². The number of benzene rings is 2. The summed E-state index contributed by atoms with van der Waals surface area (Å²) in [7, 11) is 3.46. The van der Waals surface area contributed by atoms with E-state index in [1.54, 1.807) is 14.1 Å². The lowest BCUT2D eigenvalue weighted by Crippen LogP contribution is -2.29. The first kappa shape index (κ1) is 26.9. The van der Waals surface area contributed by atoms with Gasteiger partial charge in [-0.3, -0.25) is 10.9 Å². The van der Waals surface area contributed by atoms with Gasteiger partial charge < -0.3 is 24.8 Å². The van der Waals surface area contributed by atoms with Gasteiger partial charge in [-0.1, -0.05) is 12.1 Å². The van der Waals surface area contributed by atoms with Gasteiger partial charge in [0, 0.05) is 25.7 Å². The van der Waals surface area contributed by atoms with Crippen LogP contribution >= 0.6 is 24.4 Å². The van der Waals surface area contributed by atoms with E-state index in [0.29, 0.717) is 35.8 Å². The molecule has 190 valence electrons. The summed E-state index contributed by atoms with van der Waals surface area (Å²) in [5.74, 6) is 2.24. The fourth-order valence-corrected chi connectivity index (χ4v) is 3.10. The molecule has 0 aliphatic carbocycles. The highest BCUT2D eigenvalue weighted by atomic mass is 32.1. The number of ether oxygens (including phenoxy) is 3. The Kier molecular flexibility index (Phi) is 10.0. The average Bonchev–Trinajstić information content (AvgIpc) is 2.92. The van der Waals surface area contributed by atoms with Gasteiger partial charge in [0.25, 0.3) is 0 Å².